The van der Waals surface area contributed by atoms with Gasteiger partial charge in [-0.1, -0.05) is 36.0 Å². The van der Waals surface area contributed by atoms with Crippen molar-refractivity contribution in [1.82, 2.24) is 0 Å². The molecular weight excluding hydrogens is 408 g/mol. The third-order valence-electron chi connectivity index (χ3n) is 4.26. The van der Waals surface area contributed by atoms with Crippen LogP contribution in [-0.2, 0) is 14.3 Å². The minimum Gasteiger partial charge on any atom is -0.480 e. The fraction of sp³-hybridized carbons (Fsp3) is 0.381. The predicted octanol–water partition coefficient (Wildman–Crippen LogP) is 3.05. The Balaban J connectivity index is 2.20. The predicted molar refractivity (Wildman–Crippen MR) is 120 cm³/mol. The molecule has 0 radical (unpaired) electrons. The smallest absolute Gasteiger partial charge is 0.320 e. The molecule has 2 aromatic rings. The number of likely N-dealkylation sites (N-methyl/N-ethyl adjacent to an activating group) is 1. The van der Waals surface area contributed by atoms with E-state index in [0.717, 1.165) is 33.6 Å². The number of fused-ring (bicyclic) bond motifs is 1. The molecule has 2 aromatic carbocycles. The van der Waals surface area contributed by atoms with Crippen LogP contribution in [0.5, 0.6) is 0 Å². The number of ether oxygens (including phenoxy) is 1. The number of hydrogen-bond acceptors (Lipinski definition) is 6. The van der Waals surface area contributed by atoms with Gasteiger partial charge in [-0.3, -0.25) is 9.59 Å². The van der Waals surface area contributed by atoms with Crippen LogP contribution < -0.4 is 5.73 Å². The second kappa shape index (κ2) is 10.2. The lowest BCUT2D eigenvalue weighted by atomic mass is 10.1. The SMILES string of the molecule is C[N+](C)(C)CCOC(=S)c1cc2ccccc2cc1SC(=O)CC[C@H](N)C(=O)O. The molecular formula is C21H27N2O4S2+. The Morgan fingerprint density at radius 3 is 2.41 bits per heavy atom. The molecule has 156 valence electrons. The van der Waals surface area contributed by atoms with Crippen molar-refractivity contribution in [3.8, 4) is 0 Å². The van der Waals surface area contributed by atoms with E-state index in [9.17, 15) is 9.59 Å². The van der Waals surface area contributed by atoms with Crippen LogP contribution in [0.2, 0.25) is 0 Å². The number of carboxylic acids is 1. The van der Waals surface area contributed by atoms with Crippen LogP contribution in [0, 0.1) is 0 Å². The first-order valence-corrected chi connectivity index (χ1v) is 10.5. The number of nitrogens with zero attached hydrogens (tertiary/aromatic N) is 1. The average Bonchev–Trinajstić information content (AvgIpc) is 2.64. The van der Waals surface area contributed by atoms with E-state index in [0.29, 0.717) is 22.1 Å². The van der Waals surface area contributed by atoms with Crippen LogP contribution in [-0.4, -0.2) is 66.1 Å². The average molecular weight is 436 g/mol. The Hall–Kier alpha value is -2.00. The monoisotopic (exact) mass is 435 g/mol. The molecule has 0 aliphatic rings. The van der Waals surface area contributed by atoms with Crippen LogP contribution >= 0.6 is 24.0 Å². The van der Waals surface area contributed by atoms with Gasteiger partial charge in [0, 0.05) is 16.9 Å². The maximum absolute atomic E-state index is 12.4. The number of nitrogens with two attached hydrogens (primary N) is 1. The number of carbonyl (C=O) groups is 2. The van der Waals surface area contributed by atoms with Gasteiger partial charge in [0.2, 0.25) is 0 Å². The number of hydrogen-bond donors (Lipinski definition) is 2. The zero-order valence-corrected chi connectivity index (χ0v) is 18.5. The van der Waals surface area contributed by atoms with Crippen molar-refractivity contribution < 1.29 is 23.9 Å². The number of quaternary nitrogens is 1. The molecule has 29 heavy (non-hydrogen) atoms. The molecule has 0 fully saturated rings. The molecule has 3 N–H and O–H groups in total. The summed E-state index contributed by atoms with van der Waals surface area (Å²) in [6, 6.07) is 10.6. The lowest BCUT2D eigenvalue weighted by molar-refractivity contribution is -0.870. The van der Waals surface area contributed by atoms with Crippen molar-refractivity contribution >= 4 is 50.9 Å². The van der Waals surface area contributed by atoms with Crippen molar-refractivity contribution in [2.75, 3.05) is 34.3 Å². The molecule has 0 saturated carbocycles. The van der Waals surface area contributed by atoms with E-state index in [1.807, 2.05) is 36.4 Å². The first kappa shape index (κ1) is 23.3. The fourth-order valence-corrected chi connectivity index (χ4v) is 3.75. The van der Waals surface area contributed by atoms with Gasteiger partial charge in [0.25, 0.3) is 0 Å². The van der Waals surface area contributed by atoms with Gasteiger partial charge in [0.05, 0.1) is 21.1 Å². The highest BCUT2D eigenvalue weighted by atomic mass is 32.2. The number of carbonyl (C=O) groups excluding carboxylic acids is 1. The van der Waals surface area contributed by atoms with Gasteiger partial charge in [-0.05, 0) is 41.5 Å². The Bertz CT molecular complexity index is 909. The molecule has 0 bridgehead atoms. The molecule has 8 heteroatoms. The molecule has 0 unspecified atom stereocenters. The number of benzene rings is 2. The zero-order chi connectivity index (χ0) is 21.6. The Morgan fingerprint density at radius 2 is 1.83 bits per heavy atom. The van der Waals surface area contributed by atoms with E-state index in [-0.39, 0.29) is 18.0 Å². The first-order valence-electron chi connectivity index (χ1n) is 9.26. The number of rotatable bonds is 9. The van der Waals surface area contributed by atoms with E-state index >= 15 is 0 Å². The summed E-state index contributed by atoms with van der Waals surface area (Å²) in [6.07, 6.45) is 0.161. The van der Waals surface area contributed by atoms with Crippen LogP contribution in [0.25, 0.3) is 10.8 Å². The van der Waals surface area contributed by atoms with E-state index < -0.39 is 12.0 Å². The molecule has 0 aliphatic carbocycles. The second-order valence-electron chi connectivity index (χ2n) is 7.80. The van der Waals surface area contributed by atoms with Crippen molar-refractivity contribution in [3.05, 3.63) is 42.0 Å². The largest absolute Gasteiger partial charge is 0.480 e. The molecule has 0 amide bonds. The maximum Gasteiger partial charge on any atom is 0.320 e. The lowest BCUT2D eigenvalue weighted by Crippen LogP contribution is -2.37. The molecule has 0 spiro atoms. The van der Waals surface area contributed by atoms with Crippen molar-refractivity contribution in [3.63, 3.8) is 0 Å². The summed E-state index contributed by atoms with van der Waals surface area (Å²) in [5, 5.41) is 11.1. The van der Waals surface area contributed by atoms with Crippen molar-refractivity contribution in [1.29, 1.82) is 0 Å². The summed E-state index contributed by atoms with van der Waals surface area (Å²) in [4.78, 5) is 24.0. The van der Waals surface area contributed by atoms with Crippen LogP contribution in [0.3, 0.4) is 0 Å². The van der Waals surface area contributed by atoms with Gasteiger partial charge in [0.15, 0.2) is 10.2 Å². The second-order valence-corrected chi connectivity index (χ2v) is 9.27. The number of aliphatic carboxylic acids is 1. The van der Waals surface area contributed by atoms with Gasteiger partial charge < -0.3 is 20.1 Å². The third kappa shape index (κ3) is 7.40. The van der Waals surface area contributed by atoms with Gasteiger partial charge in [-0.25, -0.2) is 0 Å². The van der Waals surface area contributed by atoms with Gasteiger partial charge in [-0.15, -0.1) is 0 Å². The molecule has 2 rings (SSSR count). The number of carboxylic acid groups (broad SMARTS) is 1. The van der Waals surface area contributed by atoms with Crippen LogP contribution in [0.1, 0.15) is 18.4 Å². The molecule has 0 heterocycles. The fourth-order valence-electron chi connectivity index (χ4n) is 2.52. The first-order chi connectivity index (χ1) is 13.6. The molecule has 6 nitrogen and oxygen atoms in total. The molecule has 0 aliphatic heterocycles. The molecule has 1 atom stereocenters. The Kier molecular flexibility index (Phi) is 8.15. The van der Waals surface area contributed by atoms with Gasteiger partial charge in [0.1, 0.15) is 19.2 Å². The van der Waals surface area contributed by atoms with Gasteiger partial charge >= 0.3 is 5.97 Å². The van der Waals surface area contributed by atoms with E-state index in [1.165, 1.54) is 0 Å². The Labute approximate surface area is 180 Å². The third-order valence-corrected chi connectivity index (χ3v) is 5.59. The summed E-state index contributed by atoms with van der Waals surface area (Å²) >= 11 is 6.55. The quantitative estimate of drug-likeness (QED) is 0.355. The zero-order valence-electron chi connectivity index (χ0n) is 16.9. The minimum atomic E-state index is -1.11. The topological polar surface area (TPSA) is 89.6 Å². The summed E-state index contributed by atoms with van der Waals surface area (Å²) < 4.78 is 6.55. The number of thiocarbonyl (C=S) groups is 1. The highest BCUT2D eigenvalue weighted by molar-refractivity contribution is 8.13. The highest BCUT2D eigenvalue weighted by Gasteiger charge is 2.18. The summed E-state index contributed by atoms with van der Waals surface area (Å²) in [5.41, 5.74) is 6.19. The van der Waals surface area contributed by atoms with Gasteiger partial charge in [-0.2, -0.15) is 0 Å². The summed E-state index contributed by atoms with van der Waals surface area (Å²) in [6.45, 7) is 1.27. The number of thioether (sulfide) groups is 1. The molecule has 0 saturated heterocycles. The standard InChI is InChI=1S/C21H26N2O4S2/c1-23(2,3)10-11-27-21(28)16-12-14-6-4-5-7-15(14)13-18(16)29-19(24)9-8-17(22)20(25)26/h4-7,12-13,17H,8-11,22H2,1-3H3/p+1/t17-/m0/s1. The highest BCUT2D eigenvalue weighted by Crippen LogP contribution is 2.30. The Morgan fingerprint density at radius 1 is 1.21 bits per heavy atom. The van der Waals surface area contributed by atoms with Crippen LogP contribution in [0.4, 0.5) is 0 Å². The maximum atomic E-state index is 12.4. The summed E-state index contributed by atoms with van der Waals surface area (Å²) in [5.74, 6) is -1.11. The minimum absolute atomic E-state index is 0.0690. The summed E-state index contributed by atoms with van der Waals surface area (Å²) in [7, 11) is 6.22. The van der Waals surface area contributed by atoms with Crippen molar-refractivity contribution in [2.24, 2.45) is 5.73 Å². The normalized spacial score (nSPS) is 12.6. The lowest BCUT2D eigenvalue weighted by Gasteiger charge is -2.24. The van der Waals surface area contributed by atoms with E-state index in [1.54, 1.807) is 0 Å². The molecule has 0 aromatic heterocycles. The van der Waals surface area contributed by atoms with Crippen LogP contribution in [0.15, 0.2) is 41.3 Å². The van der Waals surface area contributed by atoms with Crippen molar-refractivity contribution in [2.45, 2.75) is 23.8 Å². The van der Waals surface area contributed by atoms with E-state index in [2.05, 4.69) is 21.1 Å². The van der Waals surface area contributed by atoms with E-state index in [4.69, 9.17) is 27.8 Å².